The third-order valence-corrected chi connectivity index (χ3v) is 20.2. The second-order valence-electron chi connectivity index (χ2n) is 18.6. The van der Waals surface area contributed by atoms with Crippen LogP contribution in [0, 0.1) is 0 Å². The van der Waals surface area contributed by atoms with Crippen molar-refractivity contribution in [2.45, 2.75) is 19.3 Å². The van der Waals surface area contributed by atoms with Gasteiger partial charge in [-0.2, -0.15) is 0 Å². The number of benzene rings is 11. The molecule has 0 bridgehead atoms. The van der Waals surface area contributed by atoms with Gasteiger partial charge in [0, 0.05) is 5.41 Å². The third kappa shape index (κ3) is 4.57. The van der Waals surface area contributed by atoms with Crippen LogP contribution in [-0.4, -0.2) is 8.07 Å². The molecule has 1 aliphatic carbocycles. The van der Waals surface area contributed by atoms with Gasteiger partial charge in [0.25, 0.3) is 0 Å². The fourth-order valence-corrected chi connectivity index (χ4v) is 18.4. The largest absolute Gasteiger partial charge is 0.182 e. The second kappa shape index (κ2) is 13.0. The van der Waals surface area contributed by atoms with Gasteiger partial charge in [-0.1, -0.05) is 232 Å². The van der Waals surface area contributed by atoms with Crippen LogP contribution in [0.3, 0.4) is 0 Å². The monoisotopic (exact) mass is 826 g/mol. The zero-order chi connectivity index (χ0) is 42.3. The summed E-state index contributed by atoms with van der Waals surface area (Å²) in [5.74, 6) is 0. The van der Waals surface area contributed by atoms with Crippen molar-refractivity contribution in [3.63, 3.8) is 0 Å². The van der Waals surface area contributed by atoms with Crippen LogP contribution in [-0.2, 0) is 5.41 Å². The molecule has 0 radical (unpaired) electrons. The first-order chi connectivity index (χ1) is 31.5. The highest BCUT2D eigenvalue weighted by molar-refractivity contribution is 7.24. The van der Waals surface area contributed by atoms with Crippen LogP contribution in [0.4, 0.5) is 0 Å². The lowest BCUT2D eigenvalue weighted by Gasteiger charge is -2.28. The van der Waals surface area contributed by atoms with Crippen molar-refractivity contribution in [1.29, 1.82) is 0 Å². The van der Waals surface area contributed by atoms with Gasteiger partial charge >= 0.3 is 0 Å². The maximum Gasteiger partial charge on any atom is 0.182 e. The average molecular weight is 827 g/mol. The molecule has 64 heavy (non-hydrogen) atoms. The molecule has 298 valence electrons. The molecular weight excluding hydrogens is 785 g/mol. The highest BCUT2D eigenvalue weighted by atomic mass is 28.3. The Morgan fingerprint density at radius 3 is 1.28 bits per heavy atom. The predicted molar refractivity (Wildman–Crippen MR) is 274 cm³/mol. The molecule has 14 rings (SSSR count). The van der Waals surface area contributed by atoms with Crippen molar-refractivity contribution in [1.82, 2.24) is 0 Å². The molecule has 0 amide bonds. The number of hydrogen-bond donors (Lipinski definition) is 0. The van der Waals surface area contributed by atoms with Crippen molar-refractivity contribution < 1.29 is 0 Å². The summed E-state index contributed by atoms with van der Waals surface area (Å²) in [7, 11) is -2.59. The molecule has 0 fully saturated rings. The molecule has 0 N–H and O–H groups in total. The standard InChI is InChI=1S/C63H42Si/c1-63(2)61-44(25-15-26-53(61)54-37-34-39-16-3-4-17-43(39)62(54)63)40-30-32-41(33-31-40)59-49-21-5-7-23-51(49)60(52-24-8-6-22-50(52)59)42-35-36-48-47-20-11-14-29-57(47)64(58(48)38-42)55-27-12-9-18-45(55)46-19-10-13-28-56(46)64/h3-38H,1-2H3. The Kier molecular flexibility index (Phi) is 7.30. The van der Waals surface area contributed by atoms with Gasteiger partial charge in [0.2, 0.25) is 0 Å². The van der Waals surface area contributed by atoms with Crippen LogP contribution >= 0.6 is 0 Å². The van der Waals surface area contributed by atoms with Crippen molar-refractivity contribution in [3.8, 4) is 66.8 Å². The number of fused-ring (bicyclic) bond motifs is 17. The van der Waals surface area contributed by atoms with E-state index >= 15 is 0 Å². The Bertz CT molecular complexity index is 3690. The maximum absolute atomic E-state index is 2.60. The third-order valence-electron chi connectivity index (χ3n) is 15.2. The molecule has 1 heteroatoms. The van der Waals surface area contributed by atoms with Crippen LogP contribution in [0.5, 0.6) is 0 Å². The molecule has 0 saturated carbocycles. The first kappa shape index (κ1) is 36.0. The summed E-state index contributed by atoms with van der Waals surface area (Å²) in [6.07, 6.45) is 0. The van der Waals surface area contributed by atoms with E-state index in [4.69, 9.17) is 0 Å². The average Bonchev–Trinajstić information content (AvgIpc) is 3.91. The molecule has 3 aliphatic rings. The van der Waals surface area contributed by atoms with Crippen molar-refractivity contribution in [2.75, 3.05) is 0 Å². The summed E-state index contributed by atoms with van der Waals surface area (Å²) in [5, 5.41) is 13.8. The zero-order valence-corrected chi connectivity index (χ0v) is 36.8. The van der Waals surface area contributed by atoms with Crippen molar-refractivity contribution in [2.24, 2.45) is 0 Å². The van der Waals surface area contributed by atoms with E-state index in [9.17, 15) is 0 Å². The molecular formula is C63H42Si. The molecule has 11 aromatic carbocycles. The first-order valence-corrected chi connectivity index (χ1v) is 24.7. The minimum absolute atomic E-state index is 0.143. The van der Waals surface area contributed by atoms with Gasteiger partial charge in [0.15, 0.2) is 8.07 Å². The molecule has 11 aromatic rings. The summed E-state index contributed by atoms with van der Waals surface area (Å²) in [6.45, 7) is 4.82. The van der Waals surface area contributed by atoms with E-state index in [0.29, 0.717) is 0 Å². The summed E-state index contributed by atoms with van der Waals surface area (Å²) in [5.41, 5.74) is 18.7. The van der Waals surface area contributed by atoms with Gasteiger partial charge in [-0.05, 0) is 131 Å². The van der Waals surface area contributed by atoms with Crippen LogP contribution in [0.25, 0.3) is 99.1 Å². The Hall–Kier alpha value is -7.58. The summed E-state index contributed by atoms with van der Waals surface area (Å²) < 4.78 is 0. The molecule has 1 spiro atoms. The number of hydrogen-bond acceptors (Lipinski definition) is 0. The van der Waals surface area contributed by atoms with Gasteiger partial charge in [0.05, 0.1) is 0 Å². The molecule has 0 saturated heterocycles. The van der Waals surface area contributed by atoms with Crippen molar-refractivity contribution in [3.05, 3.63) is 230 Å². The van der Waals surface area contributed by atoms with E-state index in [2.05, 4.69) is 232 Å². The minimum atomic E-state index is -2.59. The molecule has 0 aromatic heterocycles. The van der Waals surface area contributed by atoms with Gasteiger partial charge < -0.3 is 0 Å². The topological polar surface area (TPSA) is 0 Å². The Morgan fingerprint density at radius 1 is 0.281 bits per heavy atom. The highest BCUT2D eigenvalue weighted by Crippen LogP contribution is 2.54. The quantitative estimate of drug-likeness (QED) is 0.123. The summed E-state index contributed by atoms with van der Waals surface area (Å²) in [4.78, 5) is 0. The van der Waals surface area contributed by atoms with Crippen LogP contribution < -0.4 is 20.7 Å². The van der Waals surface area contributed by atoms with Crippen LogP contribution in [0.15, 0.2) is 218 Å². The van der Waals surface area contributed by atoms with E-state index in [0.717, 1.165) is 0 Å². The van der Waals surface area contributed by atoms with E-state index in [-0.39, 0.29) is 5.41 Å². The van der Waals surface area contributed by atoms with Crippen LogP contribution in [0.2, 0.25) is 0 Å². The second-order valence-corrected chi connectivity index (χ2v) is 22.3. The number of rotatable bonds is 3. The van der Waals surface area contributed by atoms with E-state index < -0.39 is 8.07 Å². The summed E-state index contributed by atoms with van der Waals surface area (Å²) in [6, 6.07) is 83.3. The van der Waals surface area contributed by atoms with E-state index in [1.54, 1.807) is 0 Å². The zero-order valence-electron chi connectivity index (χ0n) is 35.8. The van der Waals surface area contributed by atoms with Gasteiger partial charge in [-0.3, -0.25) is 0 Å². The Labute approximate surface area is 374 Å². The fraction of sp³-hybridized carbons (Fsp3) is 0.0476. The van der Waals surface area contributed by atoms with E-state index in [1.807, 2.05) is 0 Å². The minimum Gasteiger partial charge on any atom is -0.0623 e. The maximum atomic E-state index is 2.60. The molecule has 2 aliphatic heterocycles. The lowest BCUT2D eigenvalue weighted by Crippen LogP contribution is -2.70. The van der Waals surface area contributed by atoms with Gasteiger partial charge in [-0.25, -0.2) is 0 Å². The molecule has 0 atom stereocenters. The lowest BCUT2D eigenvalue weighted by molar-refractivity contribution is 0.668. The normalized spacial score (nSPS) is 14.3. The molecule has 0 unspecified atom stereocenters. The molecule has 0 nitrogen and oxygen atoms in total. The van der Waals surface area contributed by atoms with Gasteiger partial charge in [0.1, 0.15) is 0 Å². The van der Waals surface area contributed by atoms with E-state index in [1.165, 1.54) is 131 Å². The predicted octanol–water partition coefficient (Wildman–Crippen LogP) is 13.8. The van der Waals surface area contributed by atoms with Crippen LogP contribution in [0.1, 0.15) is 25.0 Å². The fourth-order valence-electron chi connectivity index (χ4n) is 12.8. The SMILES string of the molecule is CC1(C)c2c(-c3ccc(-c4c5ccccc5c(-c5ccc6c(c5)[Si]5(c7ccccc7-c7ccccc75)c5ccccc5-6)c5ccccc45)cc3)cccc2-c2ccc3ccccc3c21. The summed E-state index contributed by atoms with van der Waals surface area (Å²) >= 11 is 0. The Morgan fingerprint density at radius 2 is 0.688 bits per heavy atom. The molecule has 2 heterocycles. The Balaban J connectivity index is 0.946. The first-order valence-electron chi connectivity index (χ1n) is 22.7. The van der Waals surface area contributed by atoms with Gasteiger partial charge in [-0.15, -0.1) is 0 Å². The smallest absolute Gasteiger partial charge is 0.0623 e. The lowest BCUT2D eigenvalue weighted by atomic mass is 9.77. The highest BCUT2D eigenvalue weighted by Gasteiger charge is 2.54. The van der Waals surface area contributed by atoms with Crippen molar-refractivity contribution >= 4 is 61.1 Å².